The first-order chi connectivity index (χ1) is 9.02. The van der Waals surface area contributed by atoms with Crippen LogP contribution in [0.15, 0.2) is 24.3 Å². The summed E-state index contributed by atoms with van der Waals surface area (Å²) in [6.07, 6.45) is 2.02. The van der Waals surface area contributed by atoms with Gasteiger partial charge in [-0.15, -0.1) is 0 Å². The zero-order valence-electron chi connectivity index (χ0n) is 11.6. The molecule has 1 saturated heterocycles. The lowest BCUT2D eigenvalue weighted by Crippen LogP contribution is -2.42. The zero-order chi connectivity index (χ0) is 13.9. The largest absolute Gasteiger partial charge is 0.342 e. The van der Waals surface area contributed by atoms with Gasteiger partial charge in [0.05, 0.1) is 17.9 Å². The SMILES string of the molecule is Cc1ccc(CC(=O)N2CCC(C)(C#N)CC2)cc1. The third-order valence-corrected chi connectivity index (χ3v) is 3.97. The van der Waals surface area contributed by atoms with Gasteiger partial charge >= 0.3 is 0 Å². The van der Waals surface area contributed by atoms with E-state index in [9.17, 15) is 4.79 Å². The number of likely N-dealkylation sites (tertiary alicyclic amines) is 1. The van der Waals surface area contributed by atoms with E-state index in [2.05, 4.69) is 6.07 Å². The molecule has 3 nitrogen and oxygen atoms in total. The van der Waals surface area contributed by atoms with Gasteiger partial charge in [-0.1, -0.05) is 29.8 Å². The van der Waals surface area contributed by atoms with Gasteiger partial charge in [-0.25, -0.2) is 0 Å². The van der Waals surface area contributed by atoms with E-state index in [1.807, 2.05) is 43.0 Å². The van der Waals surface area contributed by atoms with Gasteiger partial charge in [0.2, 0.25) is 5.91 Å². The minimum atomic E-state index is -0.249. The van der Waals surface area contributed by atoms with Crippen molar-refractivity contribution < 1.29 is 4.79 Å². The van der Waals surface area contributed by atoms with E-state index < -0.39 is 0 Å². The maximum atomic E-state index is 12.2. The number of benzene rings is 1. The van der Waals surface area contributed by atoms with Crippen molar-refractivity contribution in [2.24, 2.45) is 5.41 Å². The first-order valence-electron chi connectivity index (χ1n) is 6.77. The molecule has 0 unspecified atom stereocenters. The monoisotopic (exact) mass is 256 g/mol. The Hall–Kier alpha value is -1.82. The summed E-state index contributed by atoms with van der Waals surface area (Å²) in [6.45, 7) is 5.43. The summed E-state index contributed by atoms with van der Waals surface area (Å²) in [5, 5.41) is 9.08. The van der Waals surface area contributed by atoms with Crippen molar-refractivity contribution in [3.05, 3.63) is 35.4 Å². The molecular weight excluding hydrogens is 236 g/mol. The number of carbonyl (C=O) groups is 1. The normalized spacial score (nSPS) is 17.8. The van der Waals surface area contributed by atoms with Crippen LogP contribution in [0, 0.1) is 23.7 Å². The second-order valence-corrected chi connectivity index (χ2v) is 5.72. The fraction of sp³-hybridized carbons (Fsp3) is 0.500. The summed E-state index contributed by atoms with van der Waals surface area (Å²) in [7, 11) is 0. The molecule has 3 heteroatoms. The van der Waals surface area contributed by atoms with Gasteiger partial charge in [0, 0.05) is 13.1 Å². The van der Waals surface area contributed by atoms with E-state index in [0.717, 1.165) is 18.4 Å². The maximum Gasteiger partial charge on any atom is 0.226 e. The Morgan fingerprint density at radius 2 is 1.89 bits per heavy atom. The van der Waals surface area contributed by atoms with Crippen LogP contribution in [0.3, 0.4) is 0 Å². The highest BCUT2D eigenvalue weighted by Gasteiger charge is 2.31. The molecule has 1 heterocycles. The van der Waals surface area contributed by atoms with E-state index in [1.54, 1.807) is 0 Å². The van der Waals surface area contributed by atoms with Crippen molar-refractivity contribution in [2.75, 3.05) is 13.1 Å². The molecule has 1 fully saturated rings. The fourth-order valence-corrected chi connectivity index (χ4v) is 2.35. The first-order valence-corrected chi connectivity index (χ1v) is 6.77. The number of nitrogens with zero attached hydrogens (tertiary/aromatic N) is 2. The topological polar surface area (TPSA) is 44.1 Å². The van der Waals surface area contributed by atoms with Crippen LogP contribution in [-0.2, 0) is 11.2 Å². The van der Waals surface area contributed by atoms with Crippen LogP contribution in [0.2, 0.25) is 0 Å². The number of amides is 1. The molecule has 0 bridgehead atoms. The highest BCUT2D eigenvalue weighted by molar-refractivity contribution is 5.78. The Morgan fingerprint density at radius 1 is 1.32 bits per heavy atom. The Labute approximate surface area is 114 Å². The number of rotatable bonds is 2. The summed E-state index contributed by atoms with van der Waals surface area (Å²) in [5.74, 6) is 0.170. The molecule has 1 aliphatic heterocycles. The Kier molecular flexibility index (Phi) is 3.90. The van der Waals surface area contributed by atoms with Crippen LogP contribution in [0.1, 0.15) is 30.9 Å². The number of hydrogen-bond donors (Lipinski definition) is 0. The summed E-state index contributed by atoms with van der Waals surface area (Å²) in [4.78, 5) is 14.1. The van der Waals surface area contributed by atoms with Gasteiger partial charge in [0.25, 0.3) is 0 Å². The molecule has 0 saturated carbocycles. The minimum Gasteiger partial charge on any atom is -0.342 e. The predicted octanol–water partition coefficient (Wildman–Crippen LogP) is 2.69. The molecule has 100 valence electrons. The molecule has 1 amide bonds. The molecule has 1 aliphatic rings. The van der Waals surface area contributed by atoms with Crippen molar-refractivity contribution in [1.29, 1.82) is 5.26 Å². The van der Waals surface area contributed by atoms with Gasteiger partial charge < -0.3 is 4.90 Å². The zero-order valence-corrected chi connectivity index (χ0v) is 11.6. The average molecular weight is 256 g/mol. The molecule has 2 rings (SSSR count). The quantitative estimate of drug-likeness (QED) is 0.816. The van der Waals surface area contributed by atoms with Crippen molar-refractivity contribution in [3.63, 3.8) is 0 Å². The standard InChI is InChI=1S/C16H20N2O/c1-13-3-5-14(6-4-13)11-15(19)18-9-7-16(2,12-17)8-10-18/h3-6H,7-11H2,1-2H3. The molecule has 1 aromatic rings. The van der Waals surface area contributed by atoms with Crippen molar-refractivity contribution in [1.82, 2.24) is 4.90 Å². The van der Waals surface area contributed by atoms with E-state index in [0.29, 0.717) is 19.5 Å². The molecule has 0 atom stereocenters. The number of hydrogen-bond acceptors (Lipinski definition) is 2. The molecular formula is C16H20N2O. The van der Waals surface area contributed by atoms with Crippen LogP contribution in [-0.4, -0.2) is 23.9 Å². The lowest BCUT2D eigenvalue weighted by Gasteiger charge is -2.35. The number of aryl methyl sites for hydroxylation is 1. The second-order valence-electron chi connectivity index (χ2n) is 5.72. The third-order valence-electron chi connectivity index (χ3n) is 3.97. The third kappa shape index (κ3) is 3.35. The Balaban J connectivity index is 1.92. The van der Waals surface area contributed by atoms with E-state index >= 15 is 0 Å². The number of carbonyl (C=O) groups excluding carboxylic acids is 1. The number of piperidine rings is 1. The van der Waals surface area contributed by atoms with Crippen LogP contribution in [0.25, 0.3) is 0 Å². The molecule has 0 aliphatic carbocycles. The van der Waals surface area contributed by atoms with Crippen LogP contribution < -0.4 is 0 Å². The number of nitriles is 1. The average Bonchev–Trinajstić information content (AvgIpc) is 2.42. The van der Waals surface area contributed by atoms with E-state index in [4.69, 9.17) is 5.26 Å². The molecule has 0 radical (unpaired) electrons. The van der Waals surface area contributed by atoms with Crippen molar-refractivity contribution in [3.8, 4) is 6.07 Å². The van der Waals surface area contributed by atoms with E-state index in [1.165, 1.54) is 5.56 Å². The Morgan fingerprint density at radius 3 is 2.42 bits per heavy atom. The summed E-state index contributed by atoms with van der Waals surface area (Å²) >= 11 is 0. The van der Waals surface area contributed by atoms with Crippen molar-refractivity contribution in [2.45, 2.75) is 33.1 Å². The summed E-state index contributed by atoms with van der Waals surface area (Å²) in [6, 6.07) is 10.4. The molecule has 0 spiro atoms. The van der Waals surface area contributed by atoms with Gasteiger partial charge in [-0.05, 0) is 32.3 Å². The minimum absolute atomic E-state index is 0.170. The van der Waals surface area contributed by atoms with Crippen LogP contribution in [0.5, 0.6) is 0 Å². The van der Waals surface area contributed by atoms with Gasteiger partial charge in [-0.2, -0.15) is 5.26 Å². The highest BCUT2D eigenvalue weighted by Crippen LogP contribution is 2.29. The van der Waals surface area contributed by atoms with Crippen molar-refractivity contribution >= 4 is 5.91 Å². The van der Waals surface area contributed by atoms with Gasteiger partial charge in [-0.3, -0.25) is 4.79 Å². The van der Waals surface area contributed by atoms with Gasteiger partial charge in [0.15, 0.2) is 0 Å². The molecule has 0 N–H and O–H groups in total. The summed E-state index contributed by atoms with van der Waals surface area (Å²) in [5.41, 5.74) is 2.02. The van der Waals surface area contributed by atoms with Crippen LogP contribution >= 0.6 is 0 Å². The van der Waals surface area contributed by atoms with Crippen LogP contribution in [0.4, 0.5) is 0 Å². The second kappa shape index (κ2) is 5.44. The van der Waals surface area contributed by atoms with Gasteiger partial charge in [0.1, 0.15) is 0 Å². The maximum absolute atomic E-state index is 12.2. The molecule has 1 aromatic carbocycles. The predicted molar refractivity (Wildman–Crippen MR) is 74.4 cm³/mol. The summed E-state index contributed by atoms with van der Waals surface area (Å²) < 4.78 is 0. The van der Waals surface area contributed by atoms with E-state index in [-0.39, 0.29) is 11.3 Å². The highest BCUT2D eigenvalue weighted by atomic mass is 16.2. The lowest BCUT2D eigenvalue weighted by molar-refractivity contribution is -0.132. The Bertz CT molecular complexity index is 490. The first kappa shape index (κ1) is 13.6. The molecule has 19 heavy (non-hydrogen) atoms. The lowest BCUT2D eigenvalue weighted by atomic mass is 9.82. The fourth-order valence-electron chi connectivity index (χ4n) is 2.35. The smallest absolute Gasteiger partial charge is 0.226 e. The molecule has 0 aromatic heterocycles.